The van der Waals surface area contributed by atoms with Crippen molar-refractivity contribution in [2.75, 3.05) is 12.3 Å². The number of carbonyl (C=O) groups excluding carboxylic acids is 1. The van der Waals surface area contributed by atoms with E-state index in [0.29, 0.717) is 25.4 Å². The molecule has 1 aliphatic rings. The lowest BCUT2D eigenvalue weighted by atomic mass is 9.99. The van der Waals surface area contributed by atoms with Gasteiger partial charge in [-0.1, -0.05) is 35.9 Å². The quantitative estimate of drug-likeness (QED) is 0.516. The summed E-state index contributed by atoms with van der Waals surface area (Å²) in [7, 11) is -4.21. The first-order valence-electron chi connectivity index (χ1n) is 11.4. The maximum absolute atomic E-state index is 13.5. The Labute approximate surface area is 206 Å². The maximum atomic E-state index is 13.5. The predicted molar refractivity (Wildman–Crippen MR) is 134 cm³/mol. The largest absolute Gasteiger partial charge is 0.494 e. The zero-order valence-electron chi connectivity index (χ0n) is 20.3. The van der Waals surface area contributed by atoms with Gasteiger partial charge in [0.05, 0.1) is 6.61 Å². The minimum Gasteiger partial charge on any atom is -0.494 e. The van der Waals surface area contributed by atoms with Gasteiger partial charge >= 0.3 is 0 Å². The average Bonchev–Trinajstić information content (AvgIpc) is 3.15. The molecular weight excluding hydrogens is 464 g/mol. The Morgan fingerprint density at radius 1 is 1.14 bits per heavy atom. The standard InChI is InChI=1S/C26H30N4O4S/c1-5-34-22-9-6-8-19-21(22)15-30(14-20-17(3)12-16(2)13-18(20)4)25(19)26(31)29-35(32,33)24-11-7-10-23(27)28-24/h6-13,25H,5,14-15H2,1-4H3,(H2,27,28)(H,29,31). The molecule has 1 unspecified atom stereocenters. The number of nitrogens with one attached hydrogen (secondary N) is 1. The van der Waals surface area contributed by atoms with E-state index in [2.05, 4.69) is 42.6 Å². The number of aryl methyl sites for hydroxylation is 3. The predicted octanol–water partition coefficient (Wildman–Crippen LogP) is 3.55. The minimum absolute atomic E-state index is 0.0554. The van der Waals surface area contributed by atoms with Crippen molar-refractivity contribution >= 4 is 21.7 Å². The lowest BCUT2D eigenvalue weighted by Crippen LogP contribution is -2.40. The van der Waals surface area contributed by atoms with Crippen LogP contribution in [0.25, 0.3) is 0 Å². The summed E-state index contributed by atoms with van der Waals surface area (Å²) in [4.78, 5) is 19.4. The number of rotatable bonds is 7. The molecule has 4 rings (SSSR count). The van der Waals surface area contributed by atoms with Crippen LogP contribution in [0.5, 0.6) is 5.75 Å². The summed E-state index contributed by atoms with van der Waals surface area (Å²) in [5.41, 5.74) is 11.8. The molecule has 2 aromatic carbocycles. The topological polar surface area (TPSA) is 115 Å². The molecule has 0 saturated heterocycles. The Morgan fingerprint density at radius 3 is 2.49 bits per heavy atom. The molecule has 0 fully saturated rings. The Morgan fingerprint density at radius 2 is 1.83 bits per heavy atom. The number of carbonyl (C=O) groups is 1. The van der Waals surface area contributed by atoms with Crippen LogP contribution in [0.2, 0.25) is 0 Å². The fourth-order valence-electron chi connectivity index (χ4n) is 4.73. The summed E-state index contributed by atoms with van der Waals surface area (Å²) in [6, 6.07) is 13.2. The van der Waals surface area contributed by atoms with E-state index in [0.717, 1.165) is 27.8 Å². The van der Waals surface area contributed by atoms with E-state index in [1.54, 1.807) is 0 Å². The zero-order chi connectivity index (χ0) is 25.3. The van der Waals surface area contributed by atoms with Crippen molar-refractivity contribution in [3.63, 3.8) is 0 Å². The maximum Gasteiger partial charge on any atom is 0.281 e. The number of hydrogen-bond acceptors (Lipinski definition) is 7. The highest BCUT2D eigenvalue weighted by Gasteiger charge is 2.39. The van der Waals surface area contributed by atoms with Crippen molar-refractivity contribution in [1.29, 1.82) is 0 Å². The third-order valence-electron chi connectivity index (χ3n) is 6.20. The number of aromatic nitrogens is 1. The summed E-state index contributed by atoms with van der Waals surface area (Å²) >= 11 is 0. The average molecular weight is 495 g/mol. The molecule has 35 heavy (non-hydrogen) atoms. The second-order valence-electron chi connectivity index (χ2n) is 8.81. The molecule has 2 heterocycles. The van der Waals surface area contributed by atoms with Crippen LogP contribution in [0.1, 0.15) is 46.3 Å². The minimum atomic E-state index is -4.21. The van der Waals surface area contributed by atoms with Gasteiger partial charge in [-0.05, 0) is 68.1 Å². The van der Waals surface area contributed by atoms with E-state index in [1.165, 1.54) is 23.8 Å². The molecule has 9 heteroatoms. The Hall–Kier alpha value is -3.43. The number of pyridine rings is 1. The molecule has 184 valence electrons. The molecule has 0 bridgehead atoms. The fraction of sp³-hybridized carbons (Fsp3) is 0.308. The molecule has 3 N–H and O–H groups in total. The van der Waals surface area contributed by atoms with Crippen molar-refractivity contribution in [3.05, 3.63) is 81.9 Å². The van der Waals surface area contributed by atoms with Crippen molar-refractivity contribution in [1.82, 2.24) is 14.6 Å². The van der Waals surface area contributed by atoms with Crippen LogP contribution in [0.15, 0.2) is 53.6 Å². The van der Waals surface area contributed by atoms with Crippen LogP contribution in [0.3, 0.4) is 0 Å². The SMILES string of the molecule is CCOc1cccc2c1CN(Cc1c(C)cc(C)cc1C)C2C(=O)NS(=O)(=O)c1cccc(N)n1. The van der Waals surface area contributed by atoms with E-state index in [1.807, 2.05) is 30.0 Å². The molecule has 1 atom stereocenters. The van der Waals surface area contributed by atoms with Crippen molar-refractivity contribution in [3.8, 4) is 5.75 Å². The molecular formula is C26H30N4O4S. The number of fused-ring (bicyclic) bond motifs is 1. The lowest BCUT2D eigenvalue weighted by molar-refractivity contribution is -0.124. The Bertz CT molecular complexity index is 1360. The number of amides is 1. The van der Waals surface area contributed by atoms with Crippen LogP contribution >= 0.6 is 0 Å². The number of benzene rings is 2. The van der Waals surface area contributed by atoms with Gasteiger partial charge in [0, 0.05) is 18.7 Å². The van der Waals surface area contributed by atoms with Gasteiger partial charge in [0.15, 0.2) is 5.03 Å². The van der Waals surface area contributed by atoms with Gasteiger partial charge in [-0.15, -0.1) is 0 Å². The van der Waals surface area contributed by atoms with Gasteiger partial charge in [-0.3, -0.25) is 9.69 Å². The van der Waals surface area contributed by atoms with E-state index < -0.39 is 22.0 Å². The Kier molecular flexibility index (Phi) is 6.82. The number of nitrogens with zero attached hydrogens (tertiary/aromatic N) is 2. The van der Waals surface area contributed by atoms with Crippen LogP contribution in [-0.2, 0) is 27.9 Å². The monoisotopic (exact) mass is 494 g/mol. The number of hydrogen-bond donors (Lipinski definition) is 2. The third-order valence-corrected chi connectivity index (χ3v) is 7.44. The summed E-state index contributed by atoms with van der Waals surface area (Å²) in [5.74, 6) is 0.104. The highest BCUT2D eigenvalue weighted by molar-refractivity contribution is 7.90. The van der Waals surface area contributed by atoms with Gasteiger partial charge < -0.3 is 10.5 Å². The molecule has 8 nitrogen and oxygen atoms in total. The molecule has 0 radical (unpaired) electrons. The van der Waals surface area contributed by atoms with E-state index in [9.17, 15) is 13.2 Å². The molecule has 0 saturated carbocycles. The zero-order valence-corrected chi connectivity index (χ0v) is 21.1. The van der Waals surface area contributed by atoms with E-state index in [4.69, 9.17) is 10.5 Å². The fourth-order valence-corrected chi connectivity index (χ4v) is 5.69. The van der Waals surface area contributed by atoms with Crippen LogP contribution in [0, 0.1) is 20.8 Å². The molecule has 0 aliphatic carbocycles. The van der Waals surface area contributed by atoms with Crippen LogP contribution in [-0.4, -0.2) is 30.8 Å². The van der Waals surface area contributed by atoms with Gasteiger partial charge in [-0.25, -0.2) is 9.71 Å². The molecule has 1 aliphatic heterocycles. The highest BCUT2D eigenvalue weighted by atomic mass is 32.2. The van der Waals surface area contributed by atoms with E-state index in [-0.39, 0.29) is 10.8 Å². The second kappa shape index (κ2) is 9.67. The molecule has 1 amide bonds. The summed E-state index contributed by atoms with van der Waals surface area (Å²) < 4.78 is 33.9. The highest BCUT2D eigenvalue weighted by Crippen LogP contribution is 2.40. The second-order valence-corrected chi connectivity index (χ2v) is 10.4. The third kappa shape index (κ3) is 5.01. The number of nitrogens with two attached hydrogens (primary N) is 1. The number of nitrogen functional groups attached to an aromatic ring is 1. The summed E-state index contributed by atoms with van der Waals surface area (Å²) in [5, 5.41) is -0.302. The smallest absolute Gasteiger partial charge is 0.281 e. The first kappa shape index (κ1) is 24.7. The van der Waals surface area contributed by atoms with Crippen LogP contribution < -0.4 is 15.2 Å². The van der Waals surface area contributed by atoms with Gasteiger partial charge in [0.2, 0.25) is 0 Å². The number of anilines is 1. The normalized spacial score (nSPS) is 15.6. The van der Waals surface area contributed by atoms with E-state index >= 15 is 0 Å². The molecule has 1 aromatic heterocycles. The summed E-state index contributed by atoms with van der Waals surface area (Å²) in [6.45, 7) is 9.47. The van der Waals surface area contributed by atoms with Crippen molar-refractivity contribution in [2.24, 2.45) is 0 Å². The van der Waals surface area contributed by atoms with Crippen molar-refractivity contribution < 1.29 is 17.9 Å². The first-order valence-corrected chi connectivity index (χ1v) is 12.9. The first-order chi connectivity index (χ1) is 16.6. The van der Waals surface area contributed by atoms with Crippen LogP contribution in [0.4, 0.5) is 5.82 Å². The van der Waals surface area contributed by atoms with Gasteiger partial charge in [0.25, 0.3) is 15.9 Å². The van der Waals surface area contributed by atoms with Gasteiger partial charge in [-0.2, -0.15) is 8.42 Å². The number of ether oxygens (including phenoxy) is 1. The molecule has 0 spiro atoms. The number of sulfonamides is 1. The molecule has 3 aromatic rings. The van der Waals surface area contributed by atoms with Gasteiger partial charge in [0.1, 0.15) is 17.6 Å². The Balaban J connectivity index is 1.72. The summed E-state index contributed by atoms with van der Waals surface area (Å²) in [6.07, 6.45) is 0. The lowest BCUT2D eigenvalue weighted by Gasteiger charge is -2.26. The van der Waals surface area contributed by atoms with Crippen molar-refractivity contribution in [2.45, 2.75) is 51.9 Å².